The molecule has 2 aromatic carbocycles. The van der Waals surface area contributed by atoms with Gasteiger partial charge in [0.15, 0.2) is 0 Å². The number of nitrogens with two attached hydrogens (primary N) is 1. The van der Waals surface area contributed by atoms with Gasteiger partial charge in [-0.15, -0.1) is 0 Å². The molecule has 4 rings (SSSR count). The van der Waals surface area contributed by atoms with E-state index in [2.05, 4.69) is 0 Å². The first-order chi connectivity index (χ1) is 23.9. The number of rotatable bonds is 15. The number of carboxylic acids is 1. The number of pyridine rings is 1. The van der Waals surface area contributed by atoms with Crippen LogP contribution in [0.2, 0.25) is 0 Å². The molecule has 1 fully saturated rings. The van der Waals surface area contributed by atoms with Crippen LogP contribution in [0.3, 0.4) is 0 Å². The van der Waals surface area contributed by atoms with Gasteiger partial charge < -0.3 is 29.8 Å². The number of carbonyl (C=O) groups is 2. The summed E-state index contributed by atoms with van der Waals surface area (Å²) in [6.07, 6.45) is -3.21. The standard InChI is InChI=1S/C38H47F4N3O6/c1-7-51-34(47)17-31(43)29-15-26(11-23(5)36(29)39)35-22(4)12-28(50-6)14-27(35)13-24-18-44(19-24)9-8-25-20-45(32(37(48)49)10-21(2)3)33(46)16-30(25)38(40,41)42/h11-12,14-16,20-21,24,31-32H,7-10,13,17-19,43H2,1-6H3,(H,48,49)/t31-,32?/m0/s1. The van der Waals surface area contributed by atoms with Crippen LogP contribution >= 0.6 is 0 Å². The fraction of sp³-hybridized carbons (Fsp3) is 0.500. The van der Waals surface area contributed by atoms with E-state index in [0.717, 1.165) is 33.0 Å². The Morgan fingerprint density at radius 3 is 2.33 bits per heavy atom. The van der Waals surface area contributed by atoms with Gasteiger partial charge in [0.05, 0.1) is 25.7 Å². The number of hydrogen-bond acceptors (Lipinski definition) is 7. The minimum atomic E-state index is -4.77. The van der Waals surface area contributed by atoms with E-state index in [4.69, 9.17) is 15.2 Å². The van der Waals surface area contributed by atoms with Crippen LogP contribution in [0.15, 0.2) is 41.3 Å². The number of nitrogens with zero attached hydrogens (tertiary/aromatic N) is 2. The van der Waals surface area contributed by atoms with E-state index in [1.165, 1.54) is 0 Å². The van der Waals surface area contributed by atoms with Gasteiger partial charge in [0, 0.05) is 43.5 Å². The van der Waals surface area contributed by atoms with E-state index in [1.807, 2.05) is 24.0 Å². The summed E-state index contributed by atoms with van der Waals surface area (Å²) in [7, 11) is 1.57. The first-order valence-corrected chi connectivity index (χ1v) is 17.1. The molecule has 0 amide bonds. The maximum atomic E-state index is 15.3. The minimum Gasteiger partial charge on any atom is -0.497 e. The molecule has 13 heteroatoms. The summed E-state index contributed by atoms with van der Waals surface area (Å²) in [5, 5.41) is 9.75. The quantitative estimate of drug-likeness (QED) is 0.133. The van der Waals surface area contributed by atoms with E-state index in [9.17, 15) is 32.7 Å². The molecule has 2 atom stereocenters. The number of likely N-dealkylation sites (tertiary alicyclic amines) is 1. The van der Waals surface area contributed by atoms with Gasteiger partial charge in [-0.05, 0) is 110 Å². The second kappa shape index (κ2) is 16.4. The zero-order valence-corrected chi connectivity index (χ0v) is 29.9. The predicted molar refractivity (Wildman–Crippen MR) is 185 cm³/mol. The van der Waals surface area contributed by atoms with Gasteiger partial charge in [-0.1, -0.05) is 13.8 Å². The molecule has 0 spiro atoms. The van der Waals surface area contributed by atoms with Crippen molar-refractivity contribution in [3.8, 4) is 16.9 Å². The molecular formula is C38H47F4N3O6. The van der Waals surface area contributed by atoms with Crippen molar-refractivity contribution in [1.82, 2.24) is 9.47 Å². The second-order valence-electron chi connectivity index (χ2n) is 13.8. The van der Waals surface area contributed by atoms with E-state index >= 15 is 4.39 Å². The highest BCUT2D eigenvalue weighted by Gasteiger charge is 2.36. The number of aryl methyl sites for hydroxylation is 2. The van der Waals surface area contributed by atoms with Crippen LogP contribution in [-0.2, 0) is 33.3 Å². The van der Waals surface area contributed by atoms with Crippen LogP contribution < -0.4 is 16.0 Å². The highest BCUT2D eigenvalue weighted by Crippen LogP contribution is 2.38. The van der Waals surface area contributed by atoms with E-state index in [1.54, 1.807) is 46.9 Å². The number of methoxy groups -OCH3 is 1. The summed E-state index contributed by atoms with van der Waals surface area (Å²) in [4.78, 5) is 38.8. The van der Waals surface area contributed by atoms with Crippen molar-refractivity contribution >= 4 is 11.9 Å². The molecule has 1 unspecified atom stereocenters. The summed E-state index contributed by atoms with van der Waals surface area (Å²) in [6.45, 7) is 10.5. The molecule has 51 heavy (non-hydrogen) atoms. The van der Waals surface area contributed by atoms with Crippen molar-refractivity contribution in [2.75, 3.05) is 33.4 Å². The number of ether oxygens (including phenoxy) is 2. The normalized spacial score (nSPS) is 15.1. The van der Waals surface area contributed by atoms with Gasteiger partial charge in [0.1, 0.15) is 17.6 Å². The molecule has 1 aliphatic heterocycles. The molecule has 0 bridgehead atoms. The van der Waals surface area contributed by atoms with Crippen molar-refractivity contribution in [2.45, 2.75) is 78.6 Å². The number of carboxylic acid groups (broad SMARTS) is 1. The lowest BCUT2D eigenvalue weighted by atomic mass is 9.84. The molecule has 9 nitrogen and oxygen atoms in total. The summed E-state index contributed by atoms with van der Waals surface area (Å²) in [5.41, 5.74) is 8.14. The average Bonchev–Trinajstić information content (AvgIpc) is 3.01. The lowest BCUT2D eigenvalue weighted by molar-refractivity contribution is -0.144. The number of hydrogen-bond donors (Lipinski definition) is 2. The smallest absolute Gasteiger partial charge is 0.416 e. The maximum Gasteiger partial charge on any atom is 0.416 e. The molecule has 0 saturated carbocycles. The van der Waals surface area contributed by atoms with E-state index < -0.39 is 47.1 Å². The van der Waals surface area contributed by atoms with Crippen LogP contribution in [-0.4, -0.2) is 59.9 Å². The van der Waals surface area contributed by atoms with Crippen LogP contribution in [0.4, 0.5) is 17.6 Å². The highest BCUT2D eigenvalue weighted by molar-refractivity contribution is 5.75. The SMILES string of the molecule is CCOC(=O)C[C@H](N)c1cc(-c2c(C)cc(OC)cc2CC2CN(CCc3cn(C(CC(C)C)C(=O)O)c(=O)cc3C(F)(F)F)C2)cc(C)c1F. The van der Waals surface area contributed by atoms with Crippen LogP contribution in [0.1, 0.15) is 79.1 Å². The number of alkyl halides is 3. The molecule has 3 N–H and O–H groups in total. The fourth-order valence-electron chi connectivity index (χ4n) is 6.89. The zero-order chi connectivity index (χ0) is 37.8. The zero-order valence-electron chi connectivity index (χ0n) is 29.9. The summed E-state index contributed by atoms with van der Waals surface area (Å²) in [6, 6.07) is 5.55. The third-order valence-electron chi connectivity index (χ3n) is 9.31. The lowest BCUT2D eigenvalue weighted by Crippen LogP contribution is -2.48. The van der Waals surface area contributed by atoms with Gasteiger partial charge in [0.25, 0.3) is 5.56 Å². The van der Waals surface area contributed by atoms with Gasteiger partial charge in [-0.2, -0.15) is 13.2 Å². The third-order valence-corrected chi connectivity index (χ3v) is 9.31. The molecule has 2 heterocycles. The van der Waals surface area contributed by atoms with Crippen molar-refractivity contribution in [3.63, 3.8) is 0 Å². The molecule has 1 saturated heterocycles. The Labute approximate surface area is 295 Å². The maximum absolute atomic E-state index is 15.3. The van der Waals surface area contributed by atoms with Crippen LogP contribution in [0.25, 0.3) is 11.1 Å². The number of benzene rings is 2. The number of halogens is 4. The summed E-state index contributed by atoms with van der Waals surface area (Å²) < 4.78 is 68.8. The van der Waals surface area contributed by atoms with Crippen molar-refractivity contribution in [3.05, 3.63) is 86.1 Å². The Balaban J connectivity index is 1.55. The van der Waals surface area contributed by atoms with E-state index in [0.29, 0.717) is 36.9 Å². The Hall–Kier alpha value is -4.23. The Bertz CT molecular complexity index is 1800. The van der Waals surface area contributed by atoms with Crippen LogP contribution in [0, 0.1) is 31.5 Å². The Morgan fingerprint density at radius 2 is 1.75 bits per heavy atom. The van der Waals surface area contributed by atoms with Crippen molar-refractivity contribution in [1.29, 1.82) is 0 Å². The Kier molecular flexibility index (Phi) is 12.7. The molecular weight excluding hydrogens is 670 g/mol. The van der Waals surface area contributed by atoms with Gasteiger partial charge in [-0.25, -0.2) is 9.18 Å². The average molecular weight is 718 g/mol. The molecule has 0 radical (unpaired) electrons. The number of aliphatic carboxylic acids is 1. The Morgan fingerprint density at radius 1 is 1.06 bits per heavy atom. The minimum absolute atomic E-state index is 0.0247. The van der Waals surface area contributed by atoms with E-state index in [-0.39, 0.29) is 55.4 Å². The summed E-state index contributed by atoms with van der Waals surface area (Å²) >= 11 is 0. The fourth-order valence-corrected chi connectivity index (χ4v) is 6.89. The van der Waals surface area contributed by atoms with Crippen LogP contribution in [0.5, 0.6) is 5.75 Å². The largest absolute Gasteiger partial charge is 0.497 e. The first kappa shape index (κ1) is 39.6. The topological polar surface area (TPSA) is 124 Å². The van der Waals surface area contributed by atoms with Gasteiger partial charge in [0.2, 0.25) is 0 Å². The number of esters is 1. The van der Waals surface area contributed by atoms with Crippen molar-refractivity contribution in [2.24, 2.45) is 17.6 Å². The first-order valence-electron chi connectivity index (χ1n) is 17.1. The summed E-state index contributed by atoms with van der Waals surface area (Å²) in [5.74, 6) is -1.58. The lowest BCUT2D eigenvalue weighted by Gasteiger charge is -2.40. The molecule has 1 aliphatic rings. The van der Waals surface area contributed by atoms with Crippen molar-refractivity contribution < 1.29 is 41.7 Å². The molecule has 3 aromatic rings. The third kappa shape index (κ3) is 9.56. The number of carbonyl (C=O) groups excluding carboxylic acids is 1. The monoisotopic (exact) mass is 717 g/mol. The van der Waals surface area contributed by atoms with Gasteiger partial charge >= 0.3 is 18.1 Å². The molecule has 0 aliphatic carbocycles. The molecule has 1 aromatic heterocycles. The molecule has 278 valence electrons. The number of aromatic nitrogens is 1. The van der Waals surface area contributed by atoms with Gasteiger partial charge in [-0.3, -0.25) is 9.59 Å². The second-order valence-corrected chi connectivity index (χ2v) is 13.8. The highest BCUT2D eigenvalue weighted by atomic mass is 19.4. The predicted octanol–water partition coefficient (Wildman–Crippen LogP) is 6.64.